The van der Waals surface area contributed by atoms with Crippen molar-refractivity contribution in [3.63, 3.8) is 0 Å². The van der Waals surface area contributed by atoms with E-state index in [1.165, 1.54) is 49.4 Å². The molecule has 0 bridgehead atoms. The molecule has 0 radical (unpaired) electrons. The van der Waals surface area contributed by atoms with Gasteiger partial charge in [0.25, 0.3) is 0 Å². The maximum Gasteiger partial charge on any atom is 0.238 e. The SMILES string of the molecule is CC1(C)c2ccccc2-c2ccc3c4cc(-c5ccc6oc7ccc(-c8ccc9c(c8)c8cc%10c(cc8n9-c8nc(-c9ccccc9)nc(-c9ccccc9)n8)c8ccccc8n%10-c8ccccc8)cc7c6c5)ccc4n(-c4ccccc4)c3c21. The normalized spacial score (nSPS) is 12.9. The minimum Gasteiger partial charge on any atom is -0.456 e. The fourth-order valence-electron chi connectivity index (χ4n) is 14.2. The summed E-state index contributed by atoms with van der Waals surface area (Å²) in [7, 11) is 0. The molecular weight excluding hydrogens is 1040 g/mol. The van der Waals surface area contributed by atoms with Gasteiger partial charge in [-0.3, -0.25) is 4.57 Å². The molecule has 0 saturated carbocycles. The fourth-order valence-corrected chi connectivity index (χ4v) is 14.2. The van der Waals surface area contributed by atoms with Crippen molar-refractivity contribution in [2.24, 2.45) is 0 Å². The second kappa shape index (κ2) is 17.9. The summed E-state index contributed by atoms with van der Waals surface area (Å²) in [4.78, 5) is 15.7. The zero-order valence-electron chi connectivity index (χ0n) is 46.5. The van der Waals surface area contributed by atoms with Crippen molar-refractivity contribution in [3.05, 3.63) is 278 Å². The van der Waals surface area contributed by atoms with Crippen molar-refractivity contribution in [1.82, 2.24) is 28.7 Å². The van der Waals surface area contributed by atoms with Crippen LogP contribution in [0.15, 0.2) is 271 Å². The summed E-state index contributed by atoms with van der Waals surface area (Å²) in [6.07, 6.45) is 0. The van der Waals surface area contributed by atoms with Crippen molar-refractivity contribution in [2.45, 2.75) is 19.3 Å². The number of benzene rings is 12. The van der Waals surface area contributed by atoms with Crippen LogP contribution in [0.3, 0.4) is 0 Å². The third-order valence-corrected chi connectivity index (χ3v) is 18.1. The van der Waals surface area contributed by atoms with Crippen LogP contribution < -0.4 is 0 Å². The highest BCUT2D eigenvalue weighted by Crippen LogP contribution is 2.53. The Labute approximate surface area is 488 Å². The molecule has 0 saturated heterocycles. The van der Waals surface area contributed by atoms with Crippen LogP contribution in [0.1, 0.15) is 25.0 Å². The van der Waals surface area contributed by atoms with E-state index >= 15 is 0 Å². The summed E-state index contributed by atoms with van der Waals surface area (Å²) < 4.78 is 13.8. The molecule has 1 aliphatic rings. The van der Waals surface area contributed by atoms with E-state index in [2.05, 4.69) is 258 Å². The lowest BCUT2D eigenvalue weighted by Gasteiger charge is -2.23. The summed E-state index contributed by atoms with van der Waals surface area (Å²) in [5.74, 6) is 1.76. The predicted molar refractivity (Wildman–Crippen MR) is 349 cm³/mol. The number of nitrogens with zero attached hydrogens (tertiary/aromatic N) is 6. The number of hydrogen-bond acceptors (Lipinski definition) is 4. The van der Waals surface area contributed by atoms with E-state index in [0.29, 0.717) is 17.6 Å². The van der Waals surface area contributed by atoms with Crippen molar-refractivity contribution in [1.29, 1.82) is 0 Å². The van der Waals surface area contributed by atoms with Crippen molar-refractivity contribution >= 4 is 87.4 Å². The molecule has 18 rings (SSSR count). The molecular formula is C78H50N6O. The third-order valence-electron chi connectivity index (χ3n) is 18.1. The molecule has 1 aliphatic carbocycles. The number of rotatable bonds is 7. The molecule has 17 aromatic rings. The van der Waals surface area contributed by atoms with Crippen LogP contribution in [0, 0.1) is 0 Å². The Morgan fingerprint density at radius 1 is 0.306 bits per heavy atom. The lowest BCUT2D eigenvalue weighted by molar-refractivity contribution is 0.664. The molecule has 7 nitrogen and oxygen atoms in total. The third kappa shape index (κ3) is 7.04. The van der Waals surface area contributed by atoms with Gasteiger partial charge in [0.1, 0.15) is 11.2 Å². The first-order valence-electron chi connectivity index (χ1n) is 29.1. The molecule has 0 aliphatic heterocycles. The molecule has 5 aromatic heterocycles. The number of hydrogen-bond donors (Lipinski definition) is 0. The smallest absolute Gasteiger partial charge is 0.238 e. The monoisotopic (exact) mass is 1090 g/mol. The summed E-state index contributed by atoms with van der Waals surface area (Å²) >= 11 is 0. The second-order valence-corrected chi connectivity index (χ2v) is 23.1. The van der Waals surface area contributed by atoms with E-state index < -0.39 is 0 Å². The summed E-state index contributed by atoms with van der Waals surface area (Å²) in [6.45, 7) is 4.77. The average Bonchev–Trinajstić information content (AvgIpc) is 1.74. The van der Waals surface area contributed by atoms with Gasteiger partial charge < -0.3 is 13.6 Å². The first-order chi connectivity index (χ1) is 41.9. The van der Waals surface area contributed by atoms with Crippen LogP contribution in [-0.2, 0) is 5.41 Å². The largest absolute Gasteiger partial charge is 0.456 e. The Morgan fingerprint density at radius 2 is 0.765 bits per heavy atom. The highest BCUT2D eigenvalue weighted by molar-refractivity contribution is 6.20. The fraction of sp³-hybridized carbons (Fsp3) is 0.0385. The van der Waals surface area contributed by atoms with Gasteiger partial charge in [0, 0.05) is 71.0 Å². The van der Waals surface area contributed by atoms with E-state index in [1.807, 2.05) is 36.4 Å². The lowest BCUT2D eigenvalue weighted by Crippen LogP contribution is -2.16. The van der Waals surface area contributed by atoms with Crippen LogP contribution >= 0.6 is 0 Å². The average molecular weight is 1090 g/mol. The van der Waals surface area contributed by atoms with Crippen LogP contribution in [0.5, 0.6) is 0 Å². The Morgan fingerprint density at radius 3 is 1.39 bits per heavy atom. The van der Waals surface area contributed by atoms with Gasteiger partial charge in [0.15, 0.2) is 11.6 Å². The molecule has 85 heavy (non-hydrogen) atoms. The topological polar surface area (TPSA) is 66.6 Å². The van der Waals surface area contributed by atoms with E-state index in [4.69, 9.17) is 19.4 Å². The van der Waals surface area contributed by atoms with E-state index in [1.54, 1.807) is 0 Å². The van der Waals surface area contributed by atoms with E-state index in [-0.39, 0.29) is 5.41 Å². The molecule has 398 valence electrons. The van der Waals surface area contributed by atoms with Gasteiger partial charge in [0.2, 0.25) is 5.95 Å². The molecule has 12 aromatic carbocycles. The van der Waals surface area contributed by atoms with Crippen molar-refractivity contribution in [3.8, 4) is 73.5 Å². The van der Waals surface area contributed by atoms with Crippen LogP contribution in [0.2, 0.25) is 0 Å². The lowest BCUT2D eigenvalue weighted by atomic mass is 9.81. The molecule has 0 spiro atoms. The van der Waals surface area contributed by atoms with Gasteiger partial charge in [-0.25, -0.2) is 4.98 Å². The van der Waals surface area contributed by atoms with E-state index in [0.717, 1.165) is 105 Å². The summed E-state index contributed by atoms with van der Waals surface area (Å²) in [5, 5.41) is 9.12. The number of fused-ring (bicyclic) bond motifs is 16. The minimum absolute atomic E-state index is 0.181. The van der Waals surface area contributed by atoms with Gasteiger partial charge in [-0.1, -0.05) is 190 Å². The highest BCUT2D eigenvalue weighted by atomic mass is 16.3. The standard InChI is InChI=1S/C78H50N6O/c1-78(2)65-29-17-15-27-55(65)57-35-36-58-59-41-49(31-37-67(59)83(74(58)73(57)78)54-25-13-6-14-26-54)51-33-39-71-63(43-51)64-44-52(34-40-72(64)85-71)50-32-38-68-60(42-50)62-46-69-61(56-28-16-18-30-66(56)82(69)53-23-11-5-12-24-53)45-70(62)84(68)77-80-75(47-19-7-3-8-20-47)79-76(81-77)48-21-9-4-10-22-48/h3-46H,1-2H3. The van der Waals surface area contributed by atoms with Crippen LogP contribution in [-0.4, -0.2) is 28.7 Å². The Bertz CT molecular complexity index is 5560. The zero-order chi connectivity index (χ0) is 56.1. The molecule has 0 atom stereocenters. The maximum absolute atomic E-state index is 6.65. The minimum atomic E-state index is -0.181. The molecule has 0 unspecified atom stereocenters. The Kier molecular flexibility index (Phi) is 10.0. The number of para-hydroxylation sites is 3. The van der Waals surface area contributed by atoms with Gasteiger partial charge in [-0.2, -0.15) is 9.97 Å². The quantitative estimate of drug-likeness (QED) is 0.159. The predicted octanol–water partition coefficient (Wildman–Crippen LogP) is 20.0. The van der Waals surface area contributed by atoms with Crippen LogP contribution in [0.4, 0.5) is 0 Å². The summed E-state index contributed by atoms with van der Waals surface area (Å²) in [5.41, 5.74) is 22.2. The molecule has 0 amide bonds. The maximum atomic E-state index is 6.65. The number of aromatic nitrogens is 6. The number of furan rings is 1. The Hall–Kier alpha value is -11.2. The van der Waals surface area contributed by atoms with Crippen molar-refractivity contribution < 1.29 is 4.42 Å². The molecule has 0 N–H and O–H groups in total. The first kappa shape index (κ1) is 47.5. The molecule has 0 fully saturated rings. The van der Waals surface area contributed by atoms with Crippen molar-refractivity contribution in [2.75, 3.05) is 0 Å². The van der Waals surface area contributed by atoms with Gasteiger partial charge in [0.05, 0.1) is 33.1 Å². The van der Waals surface area contributed by atoms with E-state index in [9.17, 15) is 0 Å². The Balaban J connectivity index is 0.817. The molecule has 7 heteroatoms. The van der Waals surface area contributed by atoms with Gasteiger partial charge >= 0.3 is 0 Å². The zero-order valence-corrected chi connectivity index (χ0v) is 46.5. The molecule has 5 heterocycles. The van der Waals surface area contributed by atoms with Gasteiger partial charge in [-0.15, -0.1) is 0 Å². The summed E-state index contributed by atoms with van der Waals surface area (Å²) in [6, 6.07) is 96.1. The second-order valence-electron chi connectivity index (χ2n) is 23.1. The van der Waals surface area contributed by atoms with Crippen LogP contribution in [0.25, 0.3) is 161 Å². The van der Waals surface area contributed by atoms with Gasteiger partial charge in [-0.05, 0) is 136 Å². The first-order valence-corrected chi connectivity index (χ1v) is 29.1. The highest BCUT2D eigenvalue weighted by Gasteiger charge is 2.38.